The van der Waals surface area contributed by atoms with Crippen LogP contribution < -0.4 is 4.74 Å². The third-order valence-electron chi connectivity index (χ3n) is 3.05. The Morgan fingerprint density at radius 3 is 3.00 bits per heavy atom. The highest BCUT2D eigenvalue weighted by molar-refractivity contribution is 5.74. The molecule has 1 aromatic rings. The van der Waals surface area contributed by atoms with Gasteiger partial charge in [-0.2, -0.15) is 0 Å². The standard InChI is InChI=1S/C14H18O4/c1-10-5-6-11(8-13(10)16-2)9-18-14(15)12-4-3-7-17-12/h5-6,8,12H,3-4,7,9H2,1-2H3. The Labute approximate surface area is 107 Å². The molecule has 1 aliphatic rings. The van der Waals surface area contributed by atoms with E-state index in [-0.39, 0.29) is 18.7 Å². The summed E-state index contributed by atoms with van der Waals surface area (Å²) >= 11 is 0. The van der Waals surface area contributed by atoms with Gasteiger partial charge in [0, 0.05) is 6.61 Å². The van der Waals surface area contributed by atoms with Crippen molar-refractivity contribution in [2.45, 2.75) is 32.5 Å². The minimum absolute atomic E-state index is 0.259. The van der Waals surface area contributed by atoms with Crippen LogP contribution in [-0.2, 0) is 20.9 Å². The molecule has 1 heterocycles. The van der Waals surface area contributed by atoms with E-state index in [9.17, 15) is 4.79 Å². The van der Waals surface area contributed by atoms with E-state index in [0.29, 0.717) is 6.61 Å². The normalized spacial score (nSPS) is 18.7. The van der Waals surface area contributed by atoms with Gasteiger partial charge in [0.25, 0.3) is 0 Å². The monoisotopic (exact) mass is 250 g/mol. The number of methoxy groups -OCH3 is 1. The molecule has 0 amide bonds. The lowest BCUT2D eigenvalue weighted by Gasteiger charge is -2.11. The number of hydrogen-bond acceptors (Lipinski definition) is 4. The topological polar surface area (TPSA) is 44.8 Å². The molecule has 1 saturated heterocycles. The second-order valence-corrected chi connectivity index (χ2v) is 4.41. The molecule has 0 aliphatic carbocycles. The summed E-state index contributed by atoms with van der Waals surface area (Å²) in [4.78, 5) is 11.7. The summed E-state index contributed by atoms with van der Waals surface area (Å²) in [5.74, 6) is 0.535. The van der Waals surface area contributed by atoms with Gasteiger partial charge >= 0.3 is 5.97 Å². The number of hydrogen-bond donors (Lipinski definition) is 0. The van der Waals surface area contributed by atoms with Crippen LogP contribution in [0.25, 0.3) is 0 Å². The van der Waals surface area contributed by atoms with Gasteiger partial charge in [-0.1, -0.05) is 12.1 Å². The summed E-state index contributed by atoms with van der Waals surface area (Å²) in [7, 11) is 1.63. The van der Waals surface area contributed by atoms with Gasteiger partial charge in [-0.15, -0.1) is 0 Å². The van der Waals surface area contributed by atoms with Crippen LogP contribution in [0, 0.1) is 6.92 Å². The summed E-state index contributed by atoms with van der Waals surface area (Å²) in [6.07, 6.45) is 1.31. The summed E-state index contributed by atoms with van der Waals surface area (Å²) in [5, 5.41) is 0. The molecule has 18 heavy (non-hydrogen) atoms. The summed E-state index contributed by atoms with van der Waals surface area (Å²) in [5.41, 5.74) is 1.98. The van der Waals surface area contributed by atoms with Crippen molar-refractivity contribution in [1.82, 2.24) is 0 Å². The molecule has 0 aromatic heterocycles. The molecule has 98 valence electrons. The first-order valence-electron chi connectivity index (χ1n) is 6.12. The Morgan fingerprint density at radius 1 is 1.50 bits per heavy atom. The molecule has 1 aliphatic heterocycles. The maximum absolute atomic E-state index is 11.7. The van der Waals surface area contributed by atoms with Crippen LogP contribution in [0.4, 0.5) is 0 Å². The van der Waals surface area contributed by atoms with Gasteiger partial charge in [0.2, 0.25) is 0 Å². The van der Waals surface area contributed by atoms with E-state index in [1.54, 1.807) is 7.11 Å². The number of carbonyl (C=O) groups is 1. The lowest BCUT2D eigenvalue weighted by atomic mass is 10.1. The van der Waals surface area contributed by atoms with Gasteiger partial charge in [-0.3, -0.25) is 0 Å². The van der Waals surface area contributed by atoms with Crippen LogP contribution in [0.5, 0.6) is 5.75 Å². The van der Waals surface area contributed by atoms with E-state index in [0.717, 1.165) is 29.7 Å². The number of aryl methyl sites for hydroxylation is 1. The highest BCUT2D eigenvalue weighted by Gasteiger charge is 2.24. The van der Waals surface area contributed by atoms with Crippen molar-refractivity contribution in [2.75, 3.05) is 13.7 Å². The van der Waals surface area contributed by atoms with Crippen molar-refractivity contribution in [1.29, 1.82) is 0 Å². The zero-order valence-electron chi connectivity index (χ0n) is 10.8. The van der Waals surface area contributed by atoms with Crippen LogP contribution >= 0.6 is 0 Å². The van der Waals surface area contributed by atoms with E-state index >= 15 is 0 Å². The molecule has 4 nitrogen and oxygen atoms in total. The van der Waals surface area contributed by atoms with Crippen LogP contribution in [0.3, 0.4) is 0 Å². The van der Waals surface area contributed by atoms with Gasteiger partial charge in [0.1, 0.15) is 12.4 Å². The zero-order valence-corrected chi connectivity index (χ0v) is 10.8. The van der Waals surface area contributed by atoms with Crippen LogP contribution in [0.1, 0.15) is 24.0 Å². The Morgan fingerprint density at radius 2 is 2.33 bits per heavy atom. The fourth-order valence-corrected chi connectivity index (χ4v) is 1.97. The minimum Gasteiger partial charge on any atom is -0.496 e. The van der Waals surface area contributed by atoms with Crippen LogP contribution in [-0.4, -0.2) is 25.8 Å². The molecule has 0 N–H and O–H groups in total. The van der Waals surface area contributed by atoms with E-state index < -0.39 is 0 Å². The summed E-state index contributed by atoms with van der Waals surface area (Å²) in [6.45, 7) is 2.88. The Hall–Kier alpha value is -1.55. The van der Waals surface area contributed by atoms with Crippen LogP contribution in [0.15, 0.2) is 18.2 Å². The quantitative estimate of drug-likeness (QED) is 0.769. The van der Waals surface area contributed by atoms with E-state index in [1.165, 1.54) is 0 Å². The number of rotatable bonds is 4. The smallest absolute Gasteiger partial charge is 0.335 e. The molecule has 4 heteroatoms. The average molecular weight is 250 g/mol. The molecule has 0 spiro atoms. The zero-order chi connectivity index (χ0) is 13.0. The number of ether oxygens (including phenoxy) is 3. The fourth-order valence-electron chi connectivity index (χ4n) is 1.97. The van der Waals surface area contributed by atoms with E-state index in [2.05, 4.69) is 0 Å². The fraction of sp³-hybridized carbons (Fsp3) is 0.500. The molecular formula is C14H18O4. The highest BCUT2D eigenvalue weighted by atomic mass is 16.6. The van der Waals surface area contributed by atoms with Gasteiger partial charge < -0.3 is 14.2 Å². The molecule has 1 unspecified atom stereocenters. The maximum atomic E-state index is 11.7. The van der Waals surface area contributed by atoms with Gasteiger partial charge in [-0.05, 0) is 37.0 Å². The van der Waals surface area contributed by atoms with Crippen molar-refractivity contribution in [3.05, 3.63) is 29.3 Å². The molecule has 0 bridgehead atoms. The Bertz CT molecular complexity index is 422. The summed E-state index contributed by atoms with van der Waals surface area (Å²) in [6, 6.07) is 5.77. The molecular weight excluding hydrogens is 232 g/mol. The van der Waals surface area contributed by atoms with Crippen molar-refractivity contribution in [2.24, 2.45) is 0 Å². The van der Waals surface area contributed by atoms with E-state index in [1.807, 2.05) is 25.1 Å². The second kappa shape index (κ2) is 5.87. The SMILES string of the molecule is COc1cc(COC(=O)C2CCCO2)ccc1C. The first-order valence-corrected chi connectivity index (χ1v) is 6.12. The Balaban J connectivity index is 1.91. The molecule has 2 rings (SSSR count). The third-order valence-corrected chi connectivity index (χ3v) is 3.05. The van der Waals surface area contributed by atoms with Gasteiger partial charge in [0.05, 0.1) is 7.11 Å². The van der Waals surface area contributed by atoms with Gasteiger partial charge in [-0.25, -0.2) is 4.79 Å². The number of carbonyl (C=O) groups excluding carboxylic acids is 1. The lowest BCUT2D eigenvalue weighted by molar-refractivity contribution is -0.155. The average Bonchev–Trinajstić information content (AvgIpc) is 2.91. The molecule has 0 saturated carbocycles. The van der Waals surface area contributed by atoms with E-state index in [4.69, 9.17) is 14.2 Å². The predicted molar refractivity (Wildman–Crippen MR) is 66.5 cm³/mol. The first kappa shape index (κ1) is 12.9. The maximum Gasteiger partial charge on any atom is 0.335 e. The van der Waals surface area contributed by atoms with Gasteiger partial charge in [0.15, 0.2) is 6.10 Å². The largest absolute Gasteiger partial charge is 0.496 e. The molecule has 1 aromatic carbocycles. The minimum atomic E-state index is -0.377. The highest BCUT2D eigenvalue weighted by Crippen LogP contribution is 2.20. The summed E-state index contributed by atoms with van der Waals surface area (Å²) < 4.78 is 15.7. The number of benzene rings is 1. The first-order chi connectivity index (χ1) is 8.70. The lowest BCUT2D eigenvalue weighted by Crippen LogP contribution is -2.21. The Kier molecular flexibility index (Phi) is 4.20. The molecule has 1 atom stereocenters. The number of esters is 1. The third kappa shape index (κ3) is 3.01. The molecule has 0 radical (unpaired) electrons. The van der Waals surface area contributed by atoms with Crippen LogP contribution in [0.2, 0.25) is 0 Å². The predicted octanol–water partition coefficient (Wildman–Crippen LogP) is 2.23. The second-order valence-electron chi connectivity index (χ2n) is 4.41. The van der Waals surface area contributed by atoms with Crippen molar-refractivity contribution in [3.63, 3.8) is 0 Å². The molecule has 1 fully saturated rings. The van der Waals surface area contributed by atoms with Crippen molar-refractivity contribution >= 4 is 5.97 Å². The van der Waals surface area contributed by atoms with Crippen molar-refractivity contribution in [3.8, 4) is 5.75 Å². The van der Waals surface area contributed by atoms with Crippen molar-refractivity contribution < 1.29 is 19.0 Å².